The molecule has 0 spiro atoms. The number of nitrogens with zero attached hydrogens (tertiary/aromatic N) is 4. The van der Waals surface area contributed by atoms with Gasteiger partial charge in [-0.3, -0.25) is 9.59 Å². The second-order valence-corrected chi connectivity index (χ2v) is 14.6. The number of quaternary nitrogens is 1. The van der Waals surface area contributed by atoms with E-state index in [-0.39, 0.29) is 35.3 Å². The number of hydrogen-bond donors (Lipinski definition) is 2. The van der Waals surface area contributed by atoms with Crippen molar-refractivity contribution in [2.45, 2.75) is 39.7 Å². The summed E-state index contributed by atoms with van der Waals surface area (Å²) in [5, 5.41) is 3.05. The molecule has 6 rings (SSSR count). The van der Waals surface area contributed by atoms with Crippen molar-refractivity contribution in [2.24, 2.45) is 12.5 Å². The van der Waals surface area contributed by atoms with Crippen LogP contribution in [0.2, 0.25) is 0 Å². The monoisotopic (exact) mass is 622 g/mol. The number of anilines is 3. The van der Waals surface area contributed by atoms with E-state index < -0.39 is 7.60 Å². The third-order valence-electron chi connectivity index (χ3n) is 7.74. The fourth-order valence-electron chi connectivity index (χ4n) is 5.87. The molecule has 0 saturated heterocycles. The number of carbonyl (C=O) groups is 1. The molecule has 0 fully saturated rings. The highest BCUT2D eigenvalue weighted by Crippen LogP contribution is 2.46. The second-order valence-electron chi connectivity index (χ2n) is 11.7. The predicted octanol–water partition coefficient (Wildman–Crippen LogP) is 5.05. The van der Waals surface area contributed by atoms with E-state index in [2.05, 4.69) is 29.1 Å². The van der Waals surface area contributed by atoms with Gasteiger partial charge in [-0.2, -0.15) is 0 Å². The number of hydrogen-bond acceptors (Lipinski definition) is 9. The lowest BCUT2D eigenvalue weighted by Crippen LogP contribution is -2.37. The van der Waals surface area contributed by atoms with Crippen LogP contribution in [-0.4, -0.2) is 33.7 Å². The third-order valence-corrected chi connectivity index (χ3v) is 9.60. The van der Waals surface area contributed by atoms with E-state index in [9.17, 15) is 19.0 Å². The molecular formula is C30H35N6O5PS. The third kappa shape index (κ3) is 6.07. The van der Waals surface area contributed by atoms with Crippen LogP contribution in [0.25, 0.3) is 11.1 Å². The summed E-state index contributed by atoms with van der Waals surface area (Å²) in [7, 11) is -2.45. The van der Waals surface area contributed by atoms with Gasteiger partial charge in [0.15, 0.2) is 0 Å². The molecular weight excluding hydrogens is 587 g/mol. The maximum absolute atomic E-state index is 14.0. The molecule has 13 heteroatoms. The zero-order valence-electron chi connectivity index (χ0n) is 24.8. The Balaban J connectivity index is 0.00000368. The average molecular weight is 623 g/mol. The van der Waals surface area contributed by atoms with Crippen molar-refractivity contribution >= 4 is 42.0 Å². The molecule has 226 valence electrons. The molecule has 1 amide bonds. The molecule has 11 nitrogen and oxygen atoms in total. The van der Waals surface area contributed by atoms with E-state index in [0.717, 1.165) is 36.4 Å². The summed E-state index contributed by atoms with van der Waals surface area (Å²) in [6.07, 6.45) is 7.30. The Morgan fingerprint density at radius 1 is 1.19 bits per heavy atom. The molecule has 1 aliphatic heterocycles. The first kappa shape index (κ1) is 30.8. The molecule has 5 N–H and O–H groups in total. The molecule has 1 atom stereocenters. The van der Waals surface area contributed by atoms with Crippen LogP contribution in [-0.2, 0) is 42.0 Å². The van der Waals surface area contributed by atoms with Crippen LogP contribution in [0, 0.1) is 5.41 Å². The summed E-state index contributed by atoms with van der Waals surface area (Å²) >= 11 is 1.59. The van der Waals surface area contributed by atoms with Crippen LogP contribution in [0.5, 0.6) is 0 Å². The summed E-state index contributed by atoms with van der Waals surface area (Å²) < 4.78 is 18.9. The lowest BCUT2D eigenvalue weighted by atomic mass is 9.89. The topological polar surface area (TPSA) is 166 Å². The normalized spacial score (nSPS) is 16.7. The number of nitrogens with one attached hydrogen (secondary N) is 1. The van der Waals surface area contributed by atoms with Gasteiger partial charge in [-0.05, 0) is 59.6 Å². The van der Waals surface area contributed by atoms with Crippen LogP contribution in [0.1, 0.15) is 45.1 Å². The van der Waals surface area contributed by atoms with Gasteiger partial charge in [-0.25, -0.2) is 9.97 Å². The summed E-state index contributed by atoms with van der Waals surface area (Å²) in [6.45, 7) is 5.76. The Morgan fingerprint density at radius 2 is 1.98 bits per heavy atom. The minimum absolute atomic E-state index is 0. The summed E-state index contributed by atoms with van der Waals surface area (Å²) in [4.78, 5) is 50.9. The molecule has 4 aromatic rings. The minimum atomic E-state index is -4.09. The van der Waals surface area contributed by atoms with Crippen molar-refractivity contribution in [3.05, 3.63) is 85.9 Å². The van der Waals surface area contributed by atoms with Gasteiger partial charge in [0.25, 0.3) is 11.5 Å². The number of amides is 1. The molecule has 1 aromatic carbocycles. The van der Waals surface area contributed by atoms with Gasteiger partial charge in [-0.15, -0.1) is 11.3 Å². The molecule has 0 bridgehead atoms. The summed E-state index contributed by atoms with van der Waals surface area (Å²) in [5.74, 6) is 0.371. The average Bonchev–Trinajstić information content (AvgIpc) is 3.42. The standard InChI is InChI=1S/C30H32N5O5PS.H3N/c1-30(2)13-21-20-9-11-35(29(37)27(20)42-25(21)14-30)24-7-5-6-19(22(24)16-40-41(4,38)39)18-12-23(28(36)34(3)15-18)33-26-8-10-31-17-32-26;/h5-8,10,12,15,17H,9,11,13-14,16H2,1-4H3,(H,38,39)(H,31,32,33);1H3. The first-order valence-electron chi connectivity index (χ1n) is 13.6. The maximum atomic E-state index is 14.0. The predicted molar refractivity (Wildman–Crippen MR) is 168 cm³/mol. The van der Waals surface area contributed by atoms with Crippen LogP contribution in [0.4, 0.5) is 17.2 Å². The first-order valence-corrected chi connectivity index (χ1v) is 16.5. The smallest absolute Gasteiger partial charge is 0.274 e. The van der Waals surface area contributed by atoms with E-state index in [1.807, 2.05) is 18.2 Å². The molecule has 43 heavy (non-hydrogen) atoms. The van der Waals surface area contributed by atoms with Crippen molar-refractivity contribution in [3.63, 3.8) is 0 Å². The highest BCUT2D eigenvalue weighted by molar-refractivity contribution is 7.50. The Bertz CT molecular complexity index is 1810. The van der Waals surface area contributed by atoms with Gasteiger partial charge in [0.2, 0.25) is 0 Å². The summed E-state index contributed by atoms with van der Waals surface area (Å²) in [6, 6.07) is 8.83. The number of benzene rings is 1. The Kier molecular flexibility index (Phi) is 8.19. The van der Waals surface area contributed by atoms with Crippen molar-refractivity contribution < 1.29 is 18.8 Å². The molecule has 1 aliphatic carbocycles. The molecule has 4 heterocycles. The van der Waals surface area contributed by atoms with Crippen LogP contribution < -0.4 is 26.8 Å². The molecule has 0 saturated carbocycles. The second kappa shape index (κ2) is 11.4. The van der Waals surface area contributed by atoms with Gasteiger partial charge in [-0.1, -0.05) is 26.0 Å². The van der Waals surface area contributed by atoms with E-state index in [4.69, 9.17) is 4.52 Å². The van der Waals surface area contributed by atoms with Crippen molar-refractivity contribution in [2.75, 3.05) is 23.4 Å². The fraction of sp³-hybridized carbons (Fsp3) is 0.333. The molecule has 1 unspecified atom stereocenters. The van der Waals surface area contributed by atoms with Gasteiger partial charge < -0.3 is 34.9 Å². The zero-order chi connectivity index (χ0) is 29.8. The fourth-order valence-corrected chi connectivity index (χ4v) is 7.81. The first-order chi connectivity index (χ1) is 19.9. The quantitative estimate of drug-likeness (QED) is 0.270. The highest BCUT2D eigenvalue weighted by Gasteiger charge is 2.38. The lowest BCUT2D eigenvalue weighted by Gasteiger charge is -2.31. The number of aromatic nitrogens is 3. The number of pyridine rings is 1. The van der Waals surface area contributed by atoms with E-state index in [0.29, 0.717) is 34.7 Å². The maximum Gasteiger partial charge on any atom is 0.274 e. The molecule has 0 radical (unpaired) electrons. The van der Waals surface area contributed by atoms with Crippen molar-refractivity contribution in [1.29, 1.82) is 0 Å². The highest BCUT2D eigenvalue weighted by atomic mass is 32.1. The largest absolute Gasteiger partial charge is 0.779 e. The number of rotatable bonds is 7. The number of carbonyl (C=O) groups excluding carboxylic acids is 1. The van der Waals surface area contributed by atoms with Gasteiger partial charge in [0.05, 0.1) is 17.2 Å². The minimum Gasteiger partial charge on any atom is -0.779 e. The Morgan fingerprint density at radius 3 is 2.70 bits per heavy atom. The molecule has 3 aromatic heterocycles. The lowest BCUT2D eigenvalue weighted by molar-refractivity contribution is -0.197. The Labute approximate surface area is 253 Å². The number of aryl methyl sites for hydroxylation is 1. The van der Waals surface area contributed by atoms with Crippen LogP contribution in [0.15, 0.2) is 53.8 Å². The van der Waals surface area contributed by atoms with Gasteiger partial charge >= 0.3 is 0 Å². The van der Waals surface area contributed by atoms with Crippen LogP contribution in [0.3, 0.4) is 0 Å². The Hall–Kier alpha value is -3.67. The molecule has 2 aliphatic rings. The van der Waals surface area contributed by atoms with Gasteiger partial charge in [0, 0.05) is 48.7 Å². The zero-order valence-corrected chi connectivity index (χ0v) is 26.6. The SMILES string of the molecule is Cn1cc(-c2cccc(N3CCc4c(sc5c4CC(C)(C)C5)C3=O)c2COP(C)(=O)[O-])cc(Nc2ccncn2)c1=O.[NH4+]. The van der Waals surface area contributed by atoms with Crippen LogP contribution >= 0.6 is 18.9 Å². The van der Waals surface area contributed by atoms with Crippen molar-refractivity contribution in [1.82, 2.24) is 20.7 Å². The number of thiophene rings is 1. The van der Waals surface area contributed by atoms with Crippen molar-refractivity contribution in [3.8, 4) is 11.1 Å². The van der Waals surface area contributed by atoms with E-state index in [1.54, 1.807) is 47.8 Å². The van der Waals surface area contributed by atoms with E-state index in [1.165, 1.54) is 21.3 Å². The van der Waals surface area contributed by atoms with Gasteiger partial charge in [0.1, 0.15) is 25.4 Å². The van der Waals surface area contributed by atoms with E-state index >= 15 is 0 Å². The summed E-state index contributed by atoms with van der Waals surface area (Å²) in [5.41, 5.74) is 5.14. The number of fused-ring (bicyclic) bond motifs is 3.